The Balaban J connectivity index is 0.00000114. The summed E-state index contributed by atoms with van der Waals surface area (Å²) in [6, 6.07) is 23.4. The molecule has 0 bridgehead atoms. The lowest BCUT2D eigenvalue weighted by molar-refractivity contribution is -0.870. The number of aliphatic carboxylic acids is 2. The van der Waals surface area contributed by atoms with Crippen molar-refractivity contribution in [2.24, 2.45) is 0 Å². The number of aromatic carboxylic acids is 1. The number of quaternary nitrogens is 2. The van der Waals surface area contributed by atoms with Crippen LogP contribution in [-0.4, -0.2) is 340 Å². The number of cyclic esters (lactones) is 4. The summed E-state index contributed by atoms with van der Waals surface area (Å²) in [6.07, 6.45) is 44.2. The van der Waals surface area contributed by atoms with Crippen LogP contribution in [0.2, 0.25) is 0 Å². The minimum Gasteiger partial charge on any atom is -0.756 e. The van der Waals surface area contributed by atoms with Crippen LogP contribution in [0.25, 0.3) is 0 Å². The van der Waals surface area contributed by atoms with Crippen LogP contribution >= 0.6 is 15.6 Å². The van der Waals surface area contributed by atoms with Crippen molar-refractivity contribution in [3.63, 3.8) is 0 Å². The van der Waals surface area contributed by atoms with Crippen LogP contribution in [0.1, 0.15) is 244 Å². The van der Waals surface area contributed by atoms with Gasteiger partial charge in [-0.15, -0.1) is 0 Å². The van der Waals surface area contributed by atoms with Crippen molar-refractivity contribution in [1.29, 1.82) is 0 Å². The molecule has 2 aliphatic rings. The summed E-state index contributed by atoms with van der Waals surface area (Å²) >= 11 is 0. The summed E-state index contributed by atoms with van der Waals surface area (Å²) < 4.78 is 64.3. The number of aliphatic hydroxyl groups excluding tert-OH is 1. The van der Waals surface area contributed by atoms with Crippen LogP contribution in [-0.2, 0) is 136 Å². The lowest BCUT2D eigenvalue weighted by Crippen LogP contribution is -2.49. The minimum absolute atomic E-state index is 0.0287. The van der Waals surface area contributed by atoms with Gasteiger partial charge in [0.2, 0.25) is 0 Å². The molecule has 784 valence electrons. The minimum atomic E-state index is -4.19. The Bertz CT molecular complexity index is 3890. The third kappa shape index (κ3) is 77.6. The number of carbonyl (C=O) groups is 9. The topological polar surface area (TPSA) is 479 Å². The molecule has 0 aliphatic carbocycles. The van der Waals surface area contributed by atoms with Crippen LogP contribution in [0.15, 0.2) is 72.8 Å². The van der Waals surface area contributed by atoms with E-state index >= 15 is 0 Å². The van der Waals surface area contributed by atoms with Gasteiger partial charge >= 0.3 is 60.1 Å². The van der Waals surface area contributed by atoms with E-state index in [4.69, 9.17) is 57.0 Å². The smallest absolute Gasteiger partial charge is 0.373 e. The molecule has 37 nitrogen and oxygen atoms in total. The standard InChI is InChI=1S/C52H87N4O12P.C31H58NO5P.C14H19N3O8.2CO2/c1-53(33-34-54(2)43-50(59)65-39-32-47-27-29-48(30-28-47)52(61)62)35-36-55(42-49(57)58)44-51(60)66-40-31-46-25-23-45(24-26-46)22-20-18-16-14-12-10-8-6-7-9-11-13-15-17-19-21-38-67-69(63,64)68-41-37-56(3,4)5;1-32(2,3)26-29-37-38(34,35)36-28-19-17-15-13-11-9-7-5-4-6-8-10-12-14-16-18-20-30-21-23-31(24-22-30)25-27-33;18-10(19)5-15(1-3-16-6-11(20)24-12(21)7-16)2-4-17-8-13(22)25-14(23)9-17;2*2-1-3/h23-30H,6-22,31-44H2,1-5H3,(H2-,57,58,61,62,63,64);21-24,33H,4-20,25-29H2,1-3H3;1-9H2,(H,18,19);;/p-1. The first-order valence-electron chi connectivity index (χ1n) is 49.1. The van der Waals surface area contributed by atoms with Gasteiger partial charge in [0.15, 0.2) is 0 Å². The Labute approximate surface area is 818 Å². The van der Waals surface area contributed by atoms with E-state index in [1.807, 2.05) is 66.2 Å². The predicted molar refractivity (Wildman–Crippen MR) is 512 cm³/mol. The van der Waals surface area contributed by atoms with E-state index in [0.717, 1.165) is 62.5 Å². The van der Waals surface area contributed by atoms with Crippen LogP contribution in [0.4, 0.5) is 0 Å². The van der Waals surface area contributed by atoms with E-state index in [-0.39, 0.29) is 122 Å². The molecule has 0 saturated carbocycles. The molecule has 0 spiro atoms. The van der Waals surface area contributed by atoms with Gasteiger partial charge in [0, 0.05) is 71.8 Å². The van der Waals surface area contributed by atoms with Gasteiger partial charge in [-0.1, -0.05) is 253 Å². The second-order valence-corrected chi connectivity index (χ2v) is 40.0. The SMILES string of the molecule is CN(CCN(C)CC(=O)OCCc1ccc(C(=O)[O-])cc1)CCN(CC(=O)O)CC(=O)OCCc1ccc(CCCCCCCCCCCCCCCCCCOP(=O)([O-])OCC[N+](C)(C)C)cc1.C[N+](C)(C)CCOP(=O)([O-])OCCCCCCCCCCCCCCCCCCc1ccc(CCO)cc1.O=C(O)CN(CCN1CC(=O)OC(=O)C1)CCN1CC(=O)OC(=O)C1.O=C=O.O=C=O. The van der Waals surface area contributed by atoms with Crippen molar-refractivity contribution in [3.8, 4) is 0 Å². The largest absolute Gasteiger partial charge is 0.756 e. The molecule has 3 aromatic rings. The van der Waals surface area contributed by atoms with Gasteiger partial charge in [0.25, 0.3) is 15.6 Å². The Morgan fingerprint density at radius 3 is 0.949 bits per heavy atom. The average molecular weight is 1990 g/mol. The summed E-state index contributed by atoms with van der Waals surface area (Å²) in [5.74, 6) is -6.65. The zero-order valence-electron chi connectivity index (χ0n) is 83.7. The van der Waals surface area contributed by atoms with E-state index < -0.39 is 63.4 Å². The van der Waals surface area contributed by atoms with E-state index in [2.05, 4.69) is 58.0 Å². The van der Waals surface area contributed by atoms with Gasteiger partial charge in [-0.2, -0.15) is 19.2 Å². The molecule has 2 heterocycles. The quantitative estimate of drug-likeness (QED) is 0.0118. The summed E-state index contributed by atoms with van der Waals surface area (Å²) in [6.45, 7) is 5.21. The van der Waals surface area contributed by atoms with E-state index in [0.29, 0.717) is 87.3 Å². The average Bonchev–Trinajstić information content (AvgIpc) is 0.896. The molecule has 2 fully saturated rings. The first kappa shape index (κ1) is 128. The Morgan fingerprint density at radius 2 is 0.638 bits per heavy atom. The fraction of sp³-hybridized carbons (Fsp3) is 0.707. The number of ether oxygens (including phenoxy) is 4. The van der Waals surface area contributed by atoms with Crippen LogP contribution in [0, 0.1) is 0 Å². The van der Waals surface area contributed by atoms with E-state index in [1.54, 1.807) is 31.7 Å². The van der Waals surface area contributed by atoms with Crippen molar-refractivity contribution in [2.45, 2.75) is 238 Å². The first-order chi connectivity index (χ1) is 65.8. The van der Waals surface area contributed by atoms with Crippen molar-refractivity contribution < 1.29 is 148 Å². The third-order valence-corrected chi connectivity index (χ3v) is 24.6. The number of benzene rings is 3. The van der Waals surface area contributed by atoms with Gasteiger partial charge in [0.05, 0.1) is 127 Å². The number of morpholine rings is 2. The fourth-order valence-corrected chi connectivity index (χ4v) is 16.1. The summed E-state index contributed by atoms with van der Waals surface area (Å²) in [4.78, 5) is 170. The number of likely N-dealkylation sites (N-methyl/N-ethyl adjacent to an activating group) is 4. The maximum Gasteiger partial charge on any atom is 0.373 e. The van der Waals surface area contributed by atoms with Crippen molar-refractivity contribution in [2.75, 3.05) is 220 Å². The van der Waals surface area contributed by atoms with Gasteiger partial charge in [-0.25, -0.2) is 0 Å². The number of phosphoric ester groups is 2. The molecule has 0 aromatic heterocycles. The van der Waals surface area contributed by atoms with Crippen molar-refractivity contribution >= 4 is 81.7 Å². The van der Waals surface area contributed by atoms with Crippen LogP contribution in [0.5, 0.6) is 0 Å². The molecule has 39 heteroatoms. The number of rotatable bonds is 77. The second kappa shape index (κ2) is 79.5. The number of hydrogen-bond acceptors (Lipinski definition) is 33. The lowest BCUT2D eigenvalue weighted by Gasteiger charge is -2.30. The fourth-order valence-electron chi connectivity index (χ4n) is 14.7. The maximum atomic E-state index is 12.7. The number of carboxylic acid groups (broad SMARTS) is 3. The number of phosphoric acid groups is 2. The zero-order chi connectivity index (χ0) is 103. The van der Waals surface area contributed by atoms with Gasteiger partial charge in [-0.3, -0.25) is 72.0 Å². The van der Waals surface area contributed by atoms with Gasteiger partial charge in [-0.05, 0) is 92.4 Å². The molecule has 3 aromatic carbocycles. The molecule has 3 N–H and O–H groups in total. The molecule has 2 saturated heterocycles. The summed E-state index contributed by atoms with van der Waals surface area (Å²) in [7, 11) is 7.30. The number of carboxylic acids is 3. The van der Waals surface area contributed by atoms with Gasteiger partial charge in [0.1, 0.15) is 26.3 Å². The van der Waals surface area contributed by atoms with E-state index in [9.17, 15) is 72.3 Å². The molecule has 5 rings (SSSR count). The molecule has 138 heavy (non-hydrogen) atoms. The normalized spacial score (nSPS) is 13.8. The van der Waals surface area contributed by atoms with Crippen molar-refractivity contribution in [1.82, 2.24) is 29.4 Å². The molecule has 2 unspecified atom stereocenters. The molecular weight excluding hydrogens is 1830 g/mol. The van der Waals surface area contributed by atoms with Crippen LogP contribution in [0.3, 0.4) is 0 Å². The number of aliphatic hydroxyl groups is 1. The summed E-state index contributed by atoms with van der Waals surface area (Å²) in [5, 5.41) is 38.3. The Kier molecular flexibility index (Phi) is 73.7. The van der Waals surface area contributed by atoms with Crippen LogP contribution < -0.4 is 14.9 Å². The number of nitrogens with zero attached hydrogens (tertiary/aromatic N) is 8. The molecule has 2 aliphatic heterocycles. The molecular formula is C99H163N8O29P2-. The summed E-state index contributed by atoms with van der Waals surface area (Å²) in [5.41, 5.74) is 5.98. The Hall–Kier alpha value is -8.09. The maximum absolute atomic E-state index is 12.7. The second-order valence-electron chi connectivity index (χ2n) is 37.2. The van der Waals surface area contributed by atoms with Crippen molar-refractivity contribution in [3.05, 3.63) is 106 Å². The highest BCUT2D eigenvalue weighted by Crippen LogP contribution is 2.39. The highest BCUT2D eigenvalue weighted by Gasteiger charge is 2.28. The molecule has 0 amide bonds. The zero-order valence-corrected chi connectivity index (χ0v) is 85.5. The highest BCUT2D eigenvalue weighted by molar-refractivity contribution is 7.46. The van der Waals surface area contributed by atoms with E-state index in [1.165, 1.54) is 202 Å². The monoisotopic (exact) mass is 1990 g/mol. The van der Waals surface area contributed by atoms with Gasteiger partial charge < -0.3 is 85.9 Å². The number of unbranched alkanes of at least 4 members (excludes halogenated alkanes) is 30. The lowest BCUT2D eigenvalue weighted by atomic mass is 10.0. The number of aryl methyl sites for hydroxylation is 2. The number of esters is 6. The predicted octanol–water partition coefficient (Wildman–Crippen LogP) is 9.35. The highest BCUT2D eigenvalue weighted by atomic mass is 31.2. The number of carbonyl (C=O) groups excluding carboxylic acids is 11. The first-order valence-corrected chi connectivity index (χ1v) is 52.0. The third-order valence-electron chi connectivity index (χ3n) is 22.6. The molecule has 0 radical (unpaired) electrons. The Morgan fingerprint density at radius 1 is 0.370 bits per heavy atom. The number of hydrogen-bond donors (Lipinski definition) is 3. The molecule has 2 atom stereocenters.